The van der Waals surface area contributed by atoms with E-state index in [9.17, 15) is 4.39 Å². The summed E-state index contributed by atoms with van der Waals surface area (Å²) < 4.78 is 14.9. The number of imidazole rings is 1. The molecule has 0 aliphatic rings. The van der Waals surface area contributed by atoms with E-state index in [2.05, 4.69) is 4.98 Å². The second-order valence-electron chi connectivity index (χ2n) is 4.53. The first-order valence-electron chi connectivity index (χ1n) is 6.22. The lowest BCUT2D eigenvalue weighted by molar-refractivity contribution is 0.628. The highest BCUT2D eigenvalue weighted by Crippen LogP contribution is 2.31. The van der Waals surface area contributed by atoms with Gasteiger partial charge in [-0.1, -0.05) is 48.0 Å². The summed E-state index contributed by atoms with van der Waals surface area (Å²) in [6.45, 7) is 0. The number of halogens is 2. The van der Waals surface area contributed by atoms with E-state index >= 15 is 0 Å². The summed E-state index contributed by atoms with van der Waals surface area (Å²) in [5.41, 5.74) is 7.75. The third kappa shape index (κ3) is 2.32. The van der Waals surface area contributed by atoms with Crippen LogP contribution < -0.4 is 11.6 Å². The zero-order valence-corrected chi connectivity index (χ0v) is 11.7. The van der Waals surface area contributed by atoms with Gasteiger partial charge in [-0.05, 0) is 12.1 Å². The number of hydrogen-bond donors (Lipinski definition) is 2. The third-order valence-electron chi connectivity index (χ3n) is 3.17. The monoisotopic (exact) mass is 302 g/mol. The van der Waals surface area contributed by atoms with Gasteiger partial charge in [0, 0.05) is 11.1 Å². The Morgan fingerprint density at radius 1 is 1.05 bits per heavy atom. The molecule has 4 N–H and O–H groups in total. The summed E-state index contributed by atoms with van der Waals surface area (Å²) in [6.07, 6.45) is 0. The van der Waals surface area contributed by atoms with E-state index in [1.807, 2.05) is 30.3 Å². The van der Waals surface area contributed by atoms with Crippen molar-refractivity contribution < 1.29 is 4.39 Å². The molecule has 0 atom stereocenters. The van der Waals surface area contributed by atoms with Crippen LogP contribution in [0.15, 0.2) is 48.5 Å². The second kappa shape index (κ2) is 5.10. The topological polar surface area (TPSA) is 69.9 Å². The molecule has 0 unspecified atom stereocenters. The van der Waals surface area contributed by atoms with Crippen molar-refractivity contribution in [2.75, 3.05) is 11.6 Å². The average molecular weight is 303 g/mol. The van der Waals surface area contributed by atoms with E-state index in [1.165, 1.54) is 16.8 Å². The molecule has 0 saturated carbocycles. The molecule has 3 aromatic rings. The molecule has 4 nitrogen and oxygen atoms in total. The minimum absolute atomic E-state index is 0.0489. The summed E-state index contributed by atoms with van der Waals surface area (Å²) in [5.74, 6) is 6.20. The van der Waals surface area contributed by atoms with Crippen LogP contribution in [0.3, 0.4) is 0 Å². The van der Waals surface area contributed by atoms with Gasteiger partial charge in [0.15, 0.2) is 11.6 Å². The summed E-state index contributed by atoms with van der Waals surface area (Å²) in [4.78, 5) is 4.42. The first-order valence-corrected chi connectivity index (χ1v) is 6.60. The summed E-state index contributed by atoms with van der Waals surface area (Å²) in [6, 6.07) is 13.8. The Kier molecular flexibility index (Phi) is 3.27. The molecule has 106 valence electrons. The molecule has 6 heteroatoms. The molecule has 1 heterocycles. The molecule has 0 aliphatic carbocycles. The first kappa shape index (κ1) is 13.5. The van der Waals surface area contributed by atoms with Crippen LogP contribution in [0.5, 0.6) is 0 Å². The lowest BCUT2D eigenvalue weighted by Crippen LogP contribution is -2.13. The van der Waals surface area contributed by atoms with Gasteiger partial charge in [-0.25, -0.2) is 14.1 Å². The summed E-state index contributed by atoms with van der Waals surface area (Å²) in [5, 5.41) is 0.0489. The molecular formula is C15H12ClFN4. The molecule has 1 aromatic heterocycles. The number of nitrogens with zero attached hydrogens (tertiary/aromatic N) is 2. The maximum absolute atomic E-state index is 13.6. The Labute approximate surface area is 125 Å². The zero-order chi connectivity index (χ0) is 15.0. The van der Waals surface area contributed by atoms with Crippen molar-refractivity contribution in [1.82, 2.24) is 9.66 Å². The molecule has 0 spiro atoms. The minimum atomic E-state index is -0.526. The number of nitrogen functional groups attached to an aromatic ring is 2. The Hall–Kier alpha value is -2.53. The molecule has 0 aliphatic heterocycles. The van der Waals surface area contributed by atoms with E-state index in [1.54, 1.807) is 6.07 Å². The van der Waals surface area contributed by atoms with Gasteiger partial charge in [0.05, 0.1) is 5.02 Å². The van der Waals surface area contributed by atoms with E-state index in [0.717, 1.165) is 5.56 Å². The Bertz CT molecular complexity index is 799. The number of anilines is 1. The van der Waals surface area contributed by atoms with E-state index in [4.69, 9.17) is 23.2 Å². The Balaban J connectivity index is 2.15. The maximum Gasteiger partial charge on any atom is 0.160 e. The quantitative estimate of drug-likeness (QED) is 0.714. The van der Waals surface area contributed by atoms with Crippen LogP contribution in [0.4, 0.5) is 10.2 Å². The van der Waals surface area contributed by atoms with Gasteiger partial charge < -0.3 is 11.6 Å². The largest absolute Gasteiger partial charge is 0.382 e. The average Bonchev–Trinajstić information content (AvgIpc) is 2.79. The van der Waals surface area contributed by atoms with Crippen molar-refractivity contribution in [3.8, 4) is 22.6 Å². The molecule has 21 heavy (non-hydrogen) atoms. The molecule has 0 amide bonds. The summed E-state index contributed by atoms with van der Waals surface area (Å²) >= 11 is 5.68. The minimum Gasteiger partial charge on any atom is -0.382 e. The molecule has 0 bridgehead atoms. The molecule has 0 radical (unpaired) electrons. The lowest BCUT2D eigenvalue weighted by Gasteiger charge is -2.02. The third-order valence-corrected chi connectivity index (χ3v) is 3.48. The van der Waals surface area contributed by atoms with Crippen molar-refractivity contribution in [1.29, 1.82) is 0 Å². The van der Waals surface area contributed by atoms with Crippen LogP contribution in [0, 0.1) is 5.82 Å². The predicted octanol–water partition coefficient (Wildman–Crippen LogP) is 3.31. The standard InChI is InChI=1S/C15H12ClFN4/c16-11-7-6-10(8-12(11)17)13-14(18)21(19)15(20-13)9-4-2-1-3-5-9/h1-8H,18-19H2. The van der Waals surface area contributed by atoms with Crippen LogP contribution in [0.2, 0.25) is 5.02 Å². The molecule has 0 fully saturated rings. The van der Waals surface area contributed by atoms with Gasteiger partial charge >= 0.3 is 0 Å². The summed E-state index contributed by atoms with van der Waals surface area (Å²) in [7, 11) is 0. The first-order chi connectivity index (χ1) is 10.1. The molecule has 3 rings (SSSR count). The van der Waals surface area contributed by atoms with Gasteiger partial charge in [0.25, 0.3) is 0 Å². The highest BCUT2D eigenvalue weighted by Gasteiger charge is 2.16. The van der Waals surface area contributed by atoms with Crippen LogP contribution in [0.1, 0.15) is 0 Å². The second-order valence-corrected chi connectivity index (χ2v) is 4.94. The SMILES string of the molecule is Nc1c(-c2ccc(Cl)c(F)c2)nc(-c2ccccc2)n1N. The van der Waals surface area contributed by atoms with E-state index < -0.39 is 5.82 Å². The Morgan fingerprint density at radius 2 is 1.76 bits per heavy atom. The fourth-order valence-corrected chi connectivity index (χ4v) is 2.21. The van der Waals surface area contributed by atoms with E-state index in [-0.39, 0.29) is 10.8 Å². The fourth-order valence-electron chi connectivity index (χ4n) is 2.09. The van der Waals surface area contributed by atoms with Crippen LogP contribution in [0.25, 0.3) is 22.6 Å². The van der Waals surface area contributed by atoms with Crippen molar-refractivity contribution in [3.05, 3.63) is 59.4 Å². The maximum atomic E-state index is 13.6. The van der Waals surface area contributed by atoms with E-state index in [0.29, 0.717) is 17.1 Å². The highest BCUT2D eigenvalue weighted by molar-refractivity contribution is 6.30. The van der Waals surface area contributed by atoms with Gasteiger partial charge in [-0.2, -0.15) is 0 Å². The van der Waals surface area contributed by atoms with Gasteiger partial charge in [0.2, 0.25) is 0 Å². The van der Waals surface area contributed by atoms with Gasteiger partial charge in [0.1, 0.15) is 11.5 Å². The van der Waals surface area contributed by atoms with Crippen LogP contribution in [-0.4, -0.2) is 9.66 Å². The van der Waals surface area contributed by atoms with Crippen molar-refractivity contribution in [2.45, 2.75) is 0 Å². The number of nitrogens with two attached hydrogens (primary N) is 2. The normalized spacial score (nSPS) is 10.8. The predicted molar refractivity (Wildman–Crippen MR) is 82.6 cm³/mol. The molecular weight excluding hydrogens is 291 g/mol. The number of benzene rings is 2. The molecule has 0 saturated heterocycles. The smallest absolute Gasteiger partial charge is 0.160 e. The van der Waals surface area contributed by atoms with Crippen LogP contribution in [-0.2, 0) is 0 Å². The zero-order valence-electron chi connectivity index (χ0n) is 10.9. The number of aromatic nitrogens is 2. The van der Waals surface area contributed by atoms with Gasteiger partial charge in [-0.15, -0.1) is 0 Å². The van der Waals surface area contributed by atoms with Crippen molar-refractivity contribution in [3.63, 3.8) is 0 Å². The number of rotatable bonds is 2. The fraction of sp³-hybridized carbons (Fsp3) is 0. The molecule has 2 aromatic carbocycles. The van der Waals surface area contributed by atoms with Crippen LogP contribution >= 0.6 is 11.6 Å². The highest BCUT2D eigenvalue weighted by atomic mass is 35.5. The number of hydrogen-bond acceptors (Lipinski definition) is 3. The van der Waals surface area contributed by atoms with Gasteiger partial charge in [-0.3, -0.25) is 0 Å². The lowest BCUT2D eigenvalue weighted by atomic mass is 10.1. The van der Waals surface area contributed by atoms with Crippen molar-refractivity contribution in [2.24, 2.45) is 0 Å². The van der Waals surface area contributed by atoms with Crippen molar-refractivity contribution >= 4 is 17.4 Å². The Morgan fingerprint density at radius 3 is 2.43 bits per heavy atom.